The fourth-order valence-corrected chi connectivity index (χ4v) is 4.22. The third-order valence-electron chi connectivity index (χ3n) is 2.64. The first kappa shape index (κ1) is 15.6. The van der Waals surface area contributed by atoms with Gasteiger partial charge in [0.25, 0.3) is 12.2 Å². The Morgan fingerprint density at radius 2 is 1.76 bits per heavy atom. The van der Waals surface area contributed by atoms with Crippen molar-refractivity contribution in [3.8, 4) is 5.75 Å². The summed E-state index contributed by atoms with van der Waals surface area (Å²) in [6.07, 6.45) is 0. The average Bonchev–Trinajstić information content (AvgIpc) is 2.49. The van der Waals surface area contributed by atoms with Crippen LogP contribution in [0.5, 0.6) is 5.75 Å². The lowest BCUT2D eigenvalue weighted by Crippen LogP contribution is -2.11. The van der Waals surface area contributed by atoms with Crippen LogP contribution in [0, 0.1) is 10.1 Å². The van der Waals surface area contributed by atoms with Crippen LogP contribution >= 0.6 is 6.49 Å². The average molecular weight is 323 g/mol. The lowest BCUT2D eigenvalue weighted by Gasteiger charge is -2.22. The van der Waals surface area contributed by atoms with E-state index in [4.69, 9.17) is 20.9 Å². The van der Waals surface area contributed by atoms with Crippen LogP contribution in [-0.4, -0.2) is 11.5 Å². The van der Waals surface area contributed by atoms with E-state index < -0.39 is 11.4 Å². The van der Waals surface area contributed by atoms with E-state index in [0.717, 1.165) is 5.30 Å². The lowest BCUT2D eigenvalue weighted by molar-refractivity contribution is -0.384. The van der Waals surface area contributed by atoms with Gasteiger partial charge in [0.05, 0.1) is 11.5 Å². The monoisotopic (exact) mass is 323 g/mol. The minimum Gasteiger partial charge on any atom is -0.440 e. The van der Waals surface area contributed by atoms with Gasteiger partial charge in [0, 0.05) is 17.4 Å². The van der Waals surface area contributed by atoms with Crippen molar-refractivity contribution in [3.05, 3.63) is 64.7 Å². The normalized spacial score (nSPS) is 13.4. The maximum absolute atomic E-state index is 10.6. The molecular formula is C14H14NO4PS. The summed E-state index contributed by atoms with van der Waals surface area (Å²) < 4.78 is 11.5. The highest BCUT2D eigenvalue weighted by Gasteiger charge is 2.23. The van der Waals surface area contributed by atoms with Crippen LogP contribution in [0.2, 0.25) is 0 Å². The van der Waals surface area contributed by atoms with E-state index in [1.807, 2.05) is 37.3 Å². The van der Waals surface area contributed by atoms with Gasteiger partial charge in [0.2, 0.25) is 0 Å². The van der Waals surface area contributed by atoms with Gasteiger partial charge in [-0.3, -0.25) is 10.1 Å². The molecule has 0 aromatic heterocycles. The molecule has 2 aromatic rings. The smallest absolute Gasteiger partial charge is 0.269 e. The molecule has 0 aliphatic rings. The Balaban J connectivity index is 2.28. The highest BCUT2D eigenvalue weighted by molar-refractivity contribution is 8.13. The summed E-state index contributed by atoms with van der Waals surface area (Å²) >= 11 is 5.57. The molecule has 0 heterocycles. The van der Waals surface area contributed by atoms with E-state index in [-0.39, 0.29) is 5.69 Å². The third kappa shape index (κ3) is 3.88. The molecule has 2 aromatic carbocycles. The zero-order valence-electron chi connectivity index (χ0n) is 11.3. The van der Waals surface area contributed by atoms with Crippen LogP contribution in [0.3, 0.4) is 0 Å². The maximum atomic E-state index is 10.6. The maximum Gasteiger partial charge on any atom is 0.269 e. The highest BCUT2D eigenvalue weighted by Crippen LogP contribution is 2.47. The van der Waals surface area contributed by atoms with Crippen molar-refractivity contribution in [2.75, 3.05) is 6.61 Å². The molecule has 0 fully saturated rings. The number of nitrogens with zero attached hydrogens (tertiary/aromatic N) is 1. The quantitative estimate of drug-likeness (QED) is 0.461. The fraction of sp³-hybridized carbons (Fsp3) is 0.143. The van der Waals surface area contributed by atoms with E-state index in [2.05, 4.69) is 0 Å². The van der Waals surface area contributed by atoms with E-state index in [1.54, 1.807) is 0 Å². The molecule has 0 saturated heterocycles. The van der Waals surface area contributed by atoms with Gasteiger partial charge < -0.3 is 9.05 Å². The Morgan fingerprint density at radius 3 is 2.29 bits per heavy atom. The van der Waals surface area contributed by atoms with Crippen molar-refractivity contribution in [1.29, 1.82) is 0 Å². The van der Waals surface area contributed by atoms with Gasteiger partial charge >= 0.3 is 0 Å². The van der Waals surface area contributed by atoms with Crippen molar-refractivity contribution in [2.45, 2.75) is 6.92 Å². The first-order valence-corrected chi connectivity index (χ1v) is 8.93. The van der Waals surface area contributed by atoms with Crippen molar-refractivity contribution in [2.24, 2.45) is 0 Å². The predicted molar refractivity (Wildman–Crippen MR) is 85.7 cm³/mol. The molecule has 0 aliphatic heterocycles. The molecule has 0 radical (unpaired) electrons. The molecule has 1 atom stereocenters. The van der Waals surface area contributed by atoms with Crippen LogP contribution in [0.25, 0.3) is 0 Å². The Hall–Kier alpha value is -1.75. The number of nitro benzene ring substituents is 1. The Labute approximate surface area is 127 Å². The standard InChI is InChI=1S/C14H14NO4PS/c1-2-18-20(21,14-6-4-3-5-7-14)19-13-10-8-12(9-11-13)15(16)17/h3-11H,2H2,1H3/t20-/m1/s1. The first-order chi connectivity index (χ1) is 10.0. The molecule has 110 valence electrons. The van der Waals surface area contributed by atoms with E-state index in [9.17, 15) is 10.1 Å². The lowest BCUT2D eigenvalue weighted by atomic mass is 10.3. The summed E-state index contributed by atoms with van der Waals surface area (Å²) in [4.78, 5) is 10.2. The predicted octanol–water partition coefficient (Wildman–Crippen LogP) is 3.65. The molecule has 0 N–H and O–H groups in total. The summed E-state index contributed by atoms with van der Waals surface area (Å²) in [5, 5.41) is 11.5. The SMILES string of the molecule is CCO[P@@](=S)(Oc1ccc([N+](=O)[O-])cc1)c1ccccc1. The highest BCUT2D eigenvalue weighted by atomic mass is 32.5. The van der Waals surface area contributed by atoms with Gasteiger partial charge in [-0.25, -0.2) is 0 Å². The van der Waals surface area contributed by atoms with Gasteiger partial charge in [-0.2, -0.15) is 0 Å². The minimum absolute atomic E-state index is 0.00627. The van der Waals surface area contributed by atoms with Gasteiger partial charge in [-0.1, -0.05) is 18.2 Å². The van der Waals surface area contributed by atoms with Crippen molar-refractivity contribution in [1.82, 2.24) is 0 Å². The Morgan fingerprint density at radius 1 is 1.14 bits per heavy atom. The van der Waals surface area contributed by atoms with Gasteiger partial charge in [0.1, 0.15) is 5.75 Å². The Bertz CT molecular complexity index is 660. The van der Waals surface area contributed by atoms with Crippen LogP contribution in [-0.2, 0) is 16.3 Å². The van der Waals surface area contributed by atoms with E-state index >= 15 is 0 Å². The van der Waals surface area contributed by atoms with E-state index in [1.165, 1.54) is 24.3 Å². The molecule has 0 unspecified atom stereocenters. The van der Waals surface area contributed by atoms with E-state index in [0.29, 0.717) is 12.4 Å². The zero-order chi connectivity index (χ0) is 15.3. The fourth-order valence-electron chi connectivity index (χ4n) is 1.70. The number of benzene rings is 2. The second-order valence-corrected chi connectivity index (χ2v) is 7.49. The molecule has 0 amide bonds. The largest absolute Gasteiger partial charge is 0.440 e. The summed E-state index contributed by atoms with van der Waals surface area (Å²) in [6.45, 7) is -0.389. The van der Waals surface area contributed by atoms with Gasteiger partial charge in [-0.05, 0) is 43.0 Å². The number of hydrogen-bond acceptors (Lipinski definition) is 5. The van der Waals surface area contributed by atoms with Crippen LogP contribution < -0.4 is 9.83 Å². The molecule has 5 nitrogen and oxygen atoms in total. The first-order valence-electron chi connectivity index (χ1n) is 6.29. The number of rotatable bonds is 6. The van der Waals surface area contributed by atoms with Crippen LogP contribution in [0.1, 0.15) is 6.92 Å². The van der Waals surface area contributed by atoms with Gasteiger partial charge in [0.15, 0.2) is 0 Å². The molecule has 0 saturated carbocycles. The summed E-state index contributed by atoms with van der Waals surface area (Å²) in [7, 11) is 0. The second kappa shape index (κ2) is 6.80. The van der Waals surface area contributed by atoms with Crippen molar-refractivity contribution >= 4 is 29.3 Å². The van der Waals surface area contributed by atoms with Crippen LogP contribution in [0.4, 0.5) is 5.69 Å². The summed E-state index contributed by atoms with van der Waals surface area (Å²) in [5.41, 5.74) is 0.00627. The molecule has 7 heteroatoms. The molecule has 0 spiro atoms. The number of hydrogen-bond donors (Lipinski definition) is 0. The Kier molecular flexibility index (Phi) is 5.07. The second-order valence-electron chi connectivity index (χ2n) is 4.09. The molecular weight excluding hydrogens is 309 g/mol. The third-order valence-corrected chi connectivity index (χ3v) is 5.80. The molecule has 2 rings (SSSR count). The zero-order valence-corrected chi connectivity index (χ0v) is 13.0. The molecule has 0 bridgehead atoms. The summed E-state index contributed by atoms with van der Waals surface area (Å²) in [6, 6.07) is 15.2. The summed E-state index contributed by atoms with van der Waals surface area (Å²) in [5.74, 6) is 0.459. The topological polar surface area (TPSA) is 61.6 Å². The van der Waals surface area contributed by atoms with Crippen molar-refractivity contribution < 1.29 is 14.0 Å². The molecule has 0 aliphatic carbocycles. The van der Waals surface area contributed by atoms with Crippen molar-refractivity contribution in [3.63, 3.8) is 0 Å². The van der Waals surface area contributed by atoms with Gasteiger partial charge in [-0.15, -0.1) is 0 Å². The number of non-ortho nitro benzene ring substituents is 1. The minimum atomic E-state index is -2.67. The van der Waals surface area contributed by atoms with Crippen LogP contribution in [0.15, 0.2) is 54.6 Å². The number of nitro groups is 1. The molecule has 21 heavy (non-hydrogen) atoms.